The van der Waals surface area contributed by atoms with E-state index in [2.05, 4.69) is 5.32 Å². The number of benzene rings is 3. The second-order valence-electron chi connectivity index (χ2n) is 9.06. The Morgan fingerprint density at radius 1 is 1.00 bits per heavy atom. The predicted octanol–water partition coefficient (Wildman–Crippen LogP) is 5.42. The predicted molar refractivity (Wildman–Crippen MR) is 147 cm³/mol. The Morgan fingerprint density at radius 2 is 1.62 bits per heavy atom. The summed E-state index contributed by atoms with van der Waals surface area (Å²) in [5.41, 5.74) is -0.223. The third-order valence-electron chi connectivity index (χ3n) is 6.15. The number of hydrogen-bond donors (Lipinski definition) is 1. The molecule has 0 aliphatic rings. The van der Waals surface area contributed by atoms with Crippen molar-refractivity contribution >= 4 is 39.1 Å². The highest BCUT2D eigenvalue weighted by Crippen LogP contribution is 2.38. The van der Waals surface area contributed by atoms with Gasteiger partial charge in [-0.05, 0) is 56.7 Å². The van der Waals surface area contributed by atoms with E-state index in [0.29, 0.717) is 22.5 Å². The van der Waals surface area contributed by atoms with Gasteiger partial charge >= 0.3 is 6.18 Å². The lowest BCUT2D eigenvalue weighted by atomic mass is 10.1. The van der Waals surface area contributed by atoms with Gasteiger partial charge in [0.2, 0.25) is 11.8 Å². The van der Waals surface area contributed by atoms with Crippen LogP contribution in [0.2, 0.25) is 5.02 Å². The molecule has 1 N–H and O–H groups in total. The molecule has 0 aliphatic carbocycles. The van der Waals surface area contributed by atoms with Crippen LogP contribution in [0.25, 0.3) is 0 Å². The number of nitrogens with zero attached hydrogens (tertiary/aromatic N) is 2. The van der Waals surface area contributed by atoms with Gasteiger partial charge in [0.05, 0.1) is 21.2 Å². The number of likely N-dealkylation sites (N-methyl/N-ethyl adjacent to an activating group) is 1. The molecule has 0 radical (unpaired) electrons. The maximum atomic E-state index is 13.8. The summed E-state index contributed by atoms with van der Waals surface area (Å²) in [5.74, 6) is -1.26. The molecule has 2 amide bonds. The first kappa shape index (κ1) is 31.0. The Hall–Kier alpha value is -3.57. The molecule has 0 spiro atoms. The van der Waals surface area contributed by atoms with Crippen LogP contribution in [0.3, 0.4) is 0 Å². The van der Waals surface area contributed by atoms with Gasteiger partial charge in [-0.3, -0.25) is 13.9 Å². The molecule has 7 nitrogen and oxygen atoms in total. The van der Waals surface area contributed by atoms with Crippen molar-refractivity contribution in [3.8, 4) is 0 Å². The topological polar surface area (TPSA) is 86.8 Å². The Morgan fingerprint density at radius 3 is 2.20 bits per heavy atom. The highest BCUT2D eigenvalue weighted by Gasteiger charge is 2.36. The molecule has 1 unspecified atom stereocenters. The van der Waals surface area contributed by atoms with Crippen LogP contribution in [0.15, 0.2) is 77.7 Å². The van der Waals surface area contributed by atoms with E-state index in [0.717, 1.165) is 17.7 Å². The monoisotopic (exact) mass is 595 g/mol. The molecular weight excluding hydrogens is 567 g/mol. The zero-order valence-corrected chi connectivity index (χ0v) is 23.6. The van der Waals surface area contributed by atoms with Gasteiger partial charge in [0, 0.05) is 13.1 Å². The minimum atomic E-state index is -4.87. The second kappa shape index (κ2) is 12.7. The molecule has 214 valence electrons. The number of rotatable bonds is 10. The van der Waals surface area contributed by atoms with E-state index in [1.807, 2.05) is 0 Å². The summed E-state index contributed by atoms with van der Waals surface area (Å²) in [5, 5.41) is 2.02. The molecule has 40 heavy (non-hydrogen) atoms. The van der Waals surface area contributed by atoms with Crippen LogP contribution in [0.5, 0.6) is 0 Å². The van der Waals surface area contributed by atoms with Gasteiger partial charge < -0.3 is 10.2 Å². The van der Waals surface area contributed by atoms with Crippen molar-refractivity contribution in [1.29, 1.82) is 0 Å². The summed E-state index contributed by atoms with van der Waals surface area (Å²) in [4.78, 5) is 27.4. The van der Waals surface area contributed by atoms with Crippen LogP contribution in [-0.4, -0.2) is 44.3 Å². The van der Waals surface area contributed by atoms with Gasteiger partial charge in [-0.2, -0.15) is 13.2 Å². The van der Waals surface area contributed by atoms with Crippen LogP contribution in [0.4, 0.5) is 18.9 Å². The Labute approximate surface area is 236 Å². The maximum Gasteiger partial charge on any atom is 0.417 e. The third kappa shape index (κ3) is 7.33. The number of sulfonamides is 1. The number of halogens is 4. The molecule has 0 aromatic heterocycles. The smallest absolute Gasteiger partial charge is 0.355 e. The first-order valence-electron chi connectivity index (χ1n) is 12.3. The van der Waals surface area contributed by atoms with E-state index >= 15 is 0 Å². The number of hydrogen-bond acceptors (Lipinski definition) is 4. The first-order chi connectivity index (χ1) is 18.8. The summed E-state index contributed by atoms with van der Waals surface area (Å²) < 4.78 is 69.2. The first-order valence-corrected chi connectivity index (χ1v) is 14.1. The van der Waals surface area contributed by atoms with Crippen LogP contribution < -0.4 is 9.62 Å². The van der Waals surface area contributed by atoms with Crippen molar-refractivity contribution in [2.75, 3.05) is 17.4 Å². The second-order valence-corrected chi connectivity index (χ2v) is 11.3. The lowest BCUT2D eigenvalue weighted by Gasteiger charge is -2.32. The highest BCUT2D eigenvalue weighted by atomic mass is 35.5. The van der Waals surface area contributed by atoms with E-state index in [9.17, 15) is 31.2 Å². The quantitative estimate of drug-likeness (QED) is 0.339. The Balaban J connectivity index is 2.11. The molecule has 0 aliphatic heterocycles. The summed E-state index contributed by atoms with van der Waals surface area (Å²) in [6, 6.07) is 16.0. The summed E-state index contributed by atoms with van der Waals surface area (Å²) >= 11 is 5.78. The average Bonchev–Trinajstić information content (AvgIpc) is 2.90. The fourth-order valence-electron chi connectivity index (χ4n) is 3.94. The van der Waals surface area contributed by atoms with Crippen LogP contribution in [0.1, 0.15) is 30.5 Å². The number of carbonyl (C=O) groups excluding carboxylic acids is 2. The highest BCUT2D eigenvalue weighted by molar-refractivity contribution is 7.92. The van der Waals surface area contributed by atoms with Crippen molar-refractivity contribution in [3.05, 3.63) is 94.5 Å². The molecule has 3 aromatic carbocycles. The van der Waals surface area contributed by atoms with Crippen molar-refractivity contribution in [1.82, 2.24) is 10.2 Å². The Bertz CT molecular complexity index is 1450. The van der Waals surface area contributed by atoms with Gasteiger partial charge in [-0.25, -0.2) is 8.42 Å². The fourth-order valence-corrected chi connectivity index (χ4v) is 5.57. The minimum Gasteiger partial charge on any atom is -0.355 e. The molecule has 0 fully saturated rings. The van der Waals surface area contributed by atoms with E-state index < -0.39 is 56.9 Å². The average molecular weight is 596 g/mol. The van der Waals surface area contributed by atoms with Crippen molar-refractivity contribution < 1.29 is 31.2 Å². The summed E-state index contributed by atoms with van der Waals surface area (Å²) in [6.45, 7) is 4.35. The molecule has 3 aromatic rings. The van der Waals surface area contributed by atoms with Crippen molar-refractivity contribution in [2.24, 2.45) is 0 Å². The van der Waals surface area contributed by atoms with E-state index in [4.69, 9.17) is 11.6 Å². The van der Waals surface area contributed by atoms with Crippen LogP contribution >= 0.6 is 11.6 Å². The van der Waals surface area contributed by atoms with Crippen LogP contribution in [0, 0.1) is 6.92 Å². The van der Waals surface area contributed by atoms with Gasteiger partial charge in [0.1, 0.15) is 12.6 Å². The van der Waals surface area contributed by atoms with Crippen LogP contribution in [-0.2, 0) is 32.3 Å². The molecule has 0 saturated heterocycles. The molecule has 3 rings (SSSR count). The lowest BCUT2D eigenvalue weighted by molar-refractivity contribution is -0.139. The number of amides is 2. The summed E-state index contributed by atoms with van der Waals surface area (Å²) in [7, 11) is -4.53. The molecule has 1 atom stereocenters. The van der Waals surface area contributed by atoms with E-state index in [1.54, 1.807) is 44.2 Å². The van der Waals surface area contributed by atoms with Crippen molar-refractivity contribution in [3.63, 3.8) is 0 Å². The fraction of sp³-hybridized carbons (Fsp3) is 0.286. The van der Waals surface area contributed by atoms with E-state index in [-0.39, 0.29) is 11.4 Å². The van der Waals surface area contributed by atoms with E-state index in [1.165, 1.54) is 36.1 Å². The van der Waals surface area contributed by atoms with Gasteiger partial charge in [0.15, 0.2) is 0 Å². The number of carbonyl (C=O) groups is 2. The maximum absolute atomic E-state index is 13.8. The van der Waals surface area contributed by atoms with Gasteiger partial charge in [-0.15, -0.1) is 0 Å². The standard InChI is InChI=1S/C28H29ClF3N3O4S/c1-4-33-27(37)20(3)34(17-21-8-6-5-7-9-21)26(36)18-35(40(38,39)23-13-10-19(2)11-14-23)22-12-15-25(29)24(16-22)28(30,31)32/h5-16,20H,4,17-18H2,1-3H3,(H,33,37). The summed E-state index contributed by atoms with van der Waals surface area (Å²) in [6.07, 6.45) is -4.87. The van der Waals surface area contributed by atoms with Crippen molar-refractivity contribution in [2.45, 2.75) is 44.4 Å². The minimum absolute atomic E-state index is 0.0369. The molecular formula is C28H29ClF3N3O4S. The normalized spacial score (nSPS) is 12.5. The lowest BCUT2D eigenvalue weighted by Crippen LogP contribution is -2.51. The largest absolute Gasteiger partial charge is 0.417 e. The number of anilines is 1. The van der Waals surface area contributed by atoms with Gasteiger partial charge in [-0.1, -0.05) is 59.6 Å². The number of aryl methyl sites for hydroxylation is 1. The molecule has 0 bridgehead atoms. The Kier molecular flexibility index (Phi) is 9.86. The third-order valence-corrected chi connectivity index (χ3v) is 8.26. The molecule has 0 saturated carbocycles. The molecule has 12 heteroatoms. The number of nitrogens with one attached hydrogen (secondary N) is 1. The zero-order chi connectivity index (χ0) is 29.7. The zero-order valence-electron chi connectivity index (χ0n) is 22.1. The molecule has 0 heterocycles. The number of alkyl halides is 3. The van der Waals surface area contributed by atoms with Gasteiger partial charge in [0.25, 0.3) is 10.0 Å². The SMILES string of the molecule is CCNC(=O)C(C)N(Cc1ccccc1)C(=O)CN(c1ccc(Cl)c(C(F)(F)F)c1)S(=O)(=O)c1ccc(C)cc1.